The van der Waals surface area contributed by atoms with Crippen LogP contribution in [-0.2, 0) is 6.54 Å². The molecule has 0 aliphatic rings. The first-order chi connectivity index (χ1) is 15.7. The maximum atomic E-state index is 12.8. The lowest BCUT2D eigenvalue weighted by Gasteiger charge is -2.10. The SMILES string of the molecule is Cc1cc(NC(=O)c2ccc(Cn3nc(C)c([N+](=O)[O-])c3C)cc2)n(-c2cccc(Cl)c2)n1. The van der Waals surface area contributed by atoms with Gasteiger partial charge in [0.15, 0.2) is 0 Å². The molecule has 0 aliphatic heterocycles. The standard InChI is InChI=1S/C23H21ClN6O3/c1-14-11-21(29(26-14)20-6-4-5-19(24)12-20)25-23(31)18-9-7-17(8-10-18)13-28-16(3)22(30(32)33)15(2)27-28/h4-12H,13H2,1-3H3,(H,25,31). The van der Waals surface area contributed by atoms with Crippen LogP contribution in [0.5, 0.6) is 0 Å². The van der Waals surface area contributed by atoms with Crippen LogP contribution in [0.4, 0.5) is 11.5 Å². The van der Waals surface area contributed by atoms with Crippen molar-refractivity contribution in [1.29, 1.82) is 0 Å². The van der Waals surface area contributed by atoms with Gasteiger partial charge in [0, 0.05) is 16.7 Å². The number of carbonyl (C=O) groups excluding carboxylic acids is 1. The molecule has 9 nitrogen and oxygen atoms in total. The van der Waals surface area contributed by atoms with E-state index in [1.54, 1.807) is 65.7 Å². The third-order valence-corrected chi connectivity index (χ3v) is 5.44. The Morgan fingerprint density at radius 2 is 1.82 bits per heavy atom. The van der Waals surface area contributed by atoms with Crippen LogP contribution in [0.3, 0.4) is 0 Å². The summed E-state index contributed by atoms with van der Waals surface area (Å²) in [5, 5.41) is 23.4. The summed E-state index contributed by atoms with van der Waals surface area (Å²) in [4.78, 5) is 23.6. The number of hydrogen-bond acceptors (Lipinski definition) is 5. The molecule has 33 heavy (non-hydrogen) atoms. The number of benzene rings is 2. The van der Waals surface area contributed by atoms with Crippen LogP contribution in [0.2, 0.25) is 5.02 Å². The van der Waals surface area contributed by atoms with E-state index in [1.165, 1.54) is 0 Å². The first-order valence-corrected chi connectivity index (χ1v) is 10.5. The highest BCUT2D eigenvalue weighted by Crippen LogP contribution is 2.23. The van der Waals surface area contributed by atoms with E-state index in [-0.39, 0.29) is 11.6 Å². The van der Waals surface area contributed by atoms with Crippen molar-refractivity contribution in [2.75, 3.05) is 5.32 Å². The van der Waals surface area contributed by atoms with Gasteiger partial charge < -0.3 is 5.32 Å². The summed E-state index contributed by atoms with van der Waals surface area (Å²) in [6.07, 6.45) is 0. The largest absolute Gasteiger partial charge is 0.312 e. The lowest BCUT2D eigenvalue weighted by atomic mass is 10.1. The van der Waals surface area contributed by atoms with E-state index in [2.05, 4.69) is 15.5 Å². The molecular weight excluding hydrogens is 444 g/mol. The average molecular weight is 465 g/mol. The first-order valence-electron chi connectivity index (χ1n) is 10.1. The molecule has 2 heterocycles. The predicted molar refractivity (Wildman–Crippen MR) is 125 cm³/mol. The normalized spacial score (nSPS) is 10.9. The zero-order valence-corrected chi connectivity index (χ0v) is 19.0. The second-order valence-electron chi connectivity index (χ2n) is 7.65. The third kappa shape index (κ3) is 4.63. The fourth-order valence-electron chi connectivity index (χ4n) is 3.62. The number of anilines is 1. The number of aromatic nitrogens is 4. The smallest absolute Gasteiger partial charge is 0.306 e. The number of rotatable bonds is 6. The second kappa shape index (κ2) is 8.87. The minimum Gasteiger partial charge on any atom is -0.306 e. The minimum absolute atomic E-state index is 0.0256. The number of hydrogen-bond donors (Lipinski definition) is 1. The fraction of sp³-hybridized carbons (Fsp3) is 0.174. The molecule has 2 aromatic carbocycles. The van der Waals surface area contributed by atoms with Crippen molar-refractivity contribution in [3.8, 4) is 5.69 Å². The van der Waals surface area contributed by atoms with E-state index in [0.29, 0.717) is 34.3 Å². The molecule has 0 aliphatic carbocycles. The van der Waals surface area contributed by atoms with Crippen LogP contribution in [0.15, 0.2) is 54.6 Å². The van der Waals surface area contributed by atoms with Gasteiger partial charge in [-0.15, -0.1) is 0 Å². The van der Waals surface area contributed by atoms with E-state index >= 15 is 0 Å². The van der Waals surface area contributed by atoms with Gasteiger partial charge in [-0.2, -0.15) is 10.2 Å². The van der Waals surface area contributed by atoms with Crippen LogP contribution in [-0.4, -0.2) is 30.4 Å². The molecule has 0 radical (unpaired) electrons. The molecule has 168 valence electrons. The van der Waals surface area contributed by atoms with E-state index in [9.17, 15) is 14.9 Å². The zero-order chi connectivity index (χ0) is 23.7. The number of nitrogens with zero attached hydrogens (tertiary/aromatic N) is 5. The number of aryl methyl sites for hydroxylation is 2. The lowest BCUT2D eigenvalue weighted by Crippen LogP contribution is -2.15. The Morgan fingerprint density at radius 1 is 1.09 bits per heavy atom. The van der Waals surface area contributed by atoms with Crippen molar-refractivity contribution in [2.24, 2.45) is 0 Å². The Balaban J connectivity index is 1.51. The molecule has 0 unspecified atom stereocenters. The van der Waals surface area contributed by atoms with Crippen molar-refractivity contribution < 1.29 is 9.72 Å². The average Bonchev–Trinajstić information content (AvgIpc) is 3.26. The van der Waals surface area contributed by atoms with Crippen molar-refractivity contribution in [3.63, 3.8) is 0 Å². The molecule has 4 aromatic rings. The van der Waals surface area contributed by atoms with Crippen LogP contribution in [0.25, 0.3) is 5.69 Å². The molecule has 4 rings (SSSR count). The Bertz CT molecular complexity index is 1360. The Kier molecular flexibility index (Phi) is 5.97. The van der Waals surface area contributed by atoms with Crippen LogP contribution >= 0.6 is 11.6 Å². The summed E-state index contributed by atoms with van der Waals surface area (Å²) in [5.41, 5.74) is 3.71. The zero-order valence-electron chi connectivity index (χ0n) is 18.2. The van der Waals surface area contributed by atoms with Gasteiger partial charge in [0.05, 0.1) is 22.8 Å². The molecule has 0 atom stereocenters. The van der Waals surface area contributed by atoms with E-state index in [0.717, 1.165) is 16.9 Å². The van der Waals surface area contributed by atoms with Crippen molar-refractivity contribution in [3.05, 3.63) is 97.9 Å². The predicted octanol–water partition coefficient (Wildman–Crippen LogP) is 4.86. The summed E-state index contributed by atoms with van der Waals surface area (Å²) >= 11 is 6.10. The molecule has 1 amide bonds. The second-order valence-corrected chi connectivity index (χ2v) is 8.08. The van der Waals surface area contributed by atoms with E-state index < -0.39 is 4.92 Å². The molecule has 2 aromatic heterocycles. The van der Waals surface area contributed by atoms with Gasteiger partial charge in [-0.3, -0.25) is 19.6 Å². The highest BCUT2D eigenvalue weighted by molar-refractivity contribution is 6.30. The number of nitro groups is 1. The van der Waals surface area contributed by atoms with Crippen molar-refractivity contribution >= 4 is 29.0 Å². The van der Waals surface area contributed by atoms with Gasteiger partial charge in [0.1, 0.15) is 17.2 Å². The monoisotopic (exact) mass is 464 g/mol. The molecule has 0 saturated carbocycles. The van der Waals surface area contributed by atoms with Gasteiger partial charge in [0.2, 0.25) is 0 Å². The third-order valence-electron chi connectivity index (χ3n) is 5.20. The molecule has 10 heteroatoms. The molecule has 1 N–H and O–H groups in total. The van der Waals surface area contributed by atoms with E-state index in [1.807, 2.05) is 19.1 Å². The van der Waals surface area contributed by atoms with Gasteiger partial charge in [-0.1, -0.05) is 29.8 Å². The fourth-order valence-corrected chi connectivity index (χ4v) is 3.81. The van der Waals surface area contributed by atoms with Crippen LogP contribution in [0, 0.1) is 30.9 Å². The summed E-state index contributed by atoms with van der Waals surface area (Å²) in [5.74, 6) is 0.241. The molecule has 0 fully saturated rings. The van der Waals surface area contributed by atoms with Gasteiger partial charge in [-0.25, -0.2) is 4.68 Å². The Labute approximate surface area is 194 Å². The summed E-state index contributed by atoms with van der Waals surface area (Å²) in [6.45, 7) is 5.49. The maximum absolute atomic E-state index is 12.8. The lowest BCUT2D eigenvalue weighted by molar-refractivity contribution is -0.386. The number of halogens is 1. The first kappa shape index (κ1) is 22.2. The Morgan fingerprint density at radius 3 is 2.45 bits per heavy atom. The summed E-state index contributed by atoms with van der Waals surface area (Å²) in [7, 11) is 0. The van der Waals surface area contributed by atoms with Gasteiger partial charge >= 0.3 is 5.69 Å². The van der Waals surface area contributed by atoms with Crippen LogP contribution in [0.1, 0.15) is 33.0 Å². The topological polar surface area (TPSA) is 108 Å². The van der Waals surface area contributed by atoms with Gasteiger partial charge in [-0.05, 0) is 56.7 Å². The summed E-state index contributed by atoms with van der Waals surface area (Å²) < 4.78 is 3.22. The number of nitrogens with one attached hydrogen (secondary N) is 1. The minimum atomic E-state index is -0.419. The number of amides is 1. The summed E-state index contributed by atoms with van der Waals surface area (Å²) in [6, 6.07) is 16.0. The molecule has 0 saturated heterocycles. The van der Waals surface area contributed by atoms with Gasteiger partial charge in [0.25, 0.3) is 5.91 Å². The van der Waals surface area contributed by atoms with Crippen molar-refractivity contribution in [2.45, 2.75) is 27.3 Å². The molecular formula is C23H21ClN6O3. The maximum Gasteiger partial charge on any atom is 0.312 e. The highest BCUT2D eigenvalue weighted by Gasteiger charge is 2.21. The molecule has 0 bridgehead atoms. The quantitative estimate of drug-likeness (QED) is 0.324. The van der Waals surface area contributed by atoms with Crippen molar-refractivity contribution in [1.82, 2.24) is 19.6 Å². The highest BCUT2D eigenvalue weighted by atomic mass is 35.5. The molecule has 0 spiro atoms. The van der Waals surface area contributed by atoms with Crippen LogP contribution < -0.4 is 5.32 Å². The Hall–Kier alpha value is -3.98. The van der Waals surface area contributed by atoms with E-state index in [4.69, 9.17) is 11.6 Å². The number of carbonyl (C=O) groups is 1.